The van der Waals surface area contributed by atoms with Gasteiger partial charge in [-0.1, -0.05) is 172 Å². The number of carbonyl (C=O) groups excluding carboxylic acids is 4. The van der Waals surface area contributed by atoms with Gasteiger partial charge < -0.3 is 21.3 Å². The zero-order chi connectivity index (χ0) is 63.8. The van der Waals surface area contributed by atoms with E-state index in [-0.39, 0.29) is 34.5 Å². The third-order valence-corrected chi connectivity index (χ3v) is 18.1. The Balaban J connectivity index is 0.000000180. The Morgan fingerprint density at radius 2 is 0.629 bits per heavy atom. The van der Waals surface area contributed by atoms with E-state index < -0.39 is 5.41 Å². The van der Waals surface area contributed by atoms with Gasteiger partial charge in [0.2, 0.25) is 0 Å². The van der Waals surface area contributed by atoms with E-state index in [4.69, 9.17) is 0 Å². The Hall–Kier alpha value is -9.92. The van der Waals surface area contributed by atoms with Crippen molar-refractivity contribution >= 4 is 35.0 Å². The van der Waals surface area contributed by atoms with Gasteiger partial charge in [-0.2, -0.15) is 0 Å². The molecule has 0 saturated heterocycles. The van der Waals surface area contributed by atoms with E-state index in [2.05, 4.69) is 169 Å². The number of carbonyl (C=O) groups is 4. The van der Waals surface area contributed by atoms with Gasteiger partial charge in [0, 0.05) is 53.1 Å². The highest BCUT2D eigenvalue weighted by Gasteiger charge is 2.47. The maximum atomic E-state index is 13.1. The van der Waals surface area contributed by atoms with Crippen molar-refractivity contribution in [3.05, 3.63) is 330 Å². The molecule has 2 aliphatic carbocycles. The molecule has 0 aromatic heterocycles. The summed E-state index contributed by atoms with van der Waals surface area (Å²) in [5, 5.41) is 11.3. The molecule has 10 aromatic carbocycles. The highest BCUT2D eigenvalue weighted by Crippen LogP contribution is 2.56. The fourth-order valence-electron chi connectivity index (χ4n) is 12.5. The molecule has 8 nitrogen and oxygen atoms in total. The average molecular weight is 1180 g/mol. The summed E-state index contributed by atoms with van der Waals surface area (Å²) in [4.78, 5) is 48.6. The first-order chi connectivity index (χ1) is 42.6. The largest absolute Gasteiger partial charge is 0.355 e. The van der Waals surface area contributed by atoms with Crippen LogP contribution in [-0.4, -0.2) is 37.7 Å². The van der Waals surface area contributed by atoms with Crippen LogP contribution in [-0.2, 0) is 16.2 Å². The van der Waals surface area contributed by atoms with Crippen molar-refractivity contribution in [2.45, 2.75) is 98.8 Å². The van der Waals surface area contributed by atoms with Crippen molar-refractivity contribution in [3.8, 4) is 11.1 Å². The molecule has 0 heterocycles. The minimum absolute atomic E-state index is 0.0295. The molecule has 1 unspecified atom stereocenters. The van der Waals surface area contributed by atoms with Gasteiger partial charge in [0.1, 0.15) is 0 Å². The van der Waals surface area contributed by atoms with Crippen molar-refractivity contribution in [1.29, 1.82) is 0 Å². The molecule has 2 aliphatic rings. The second kappa shape index (κ2) is 27.0. The van der Waals surface area contributed by atoms with Gasteiger partial charge in [-0.25, -0.2) is 0 Å². The maximum Gasteiger partial charge on any atom is 0.255 e. The van der Waals surface area contributed by atoms with Crippen LogP contribution in [0, 0.1) is 55.4 Å². The zero-order valence-corrected chi connectivity index (χ0v) is 53.7. The average Bonchev–Trinajstić information content (AvgIpc) is 1.67. The van der Waals surface area contributed by atoms with Gasteiger partial charge in [-0.05, 0) is 235 Å². The third-order valence-electron chi connectivity index (χ3n) is 18.1. The maximum absolute atomic E-state index is 13.1. The lowest BCUT2D eigenvalue weighted by atomic mass is 9.67. The Morgan fingerprint density at radius 3 is 0.978 bits per heavy atom. The predicted octanol–water partition coefficient (Wildman–Crippen LogP) is 17.8. The Bertz CT molecular complexity index is 4020. The number of rotatable bonds is 9. The zero-order valence-electron chi connectivity index (χ0n) is 53.7. The highest BCUT2D eigenvalue weighted by atomic mass is 16.2. The molecule has 0 fully saturated rings. The third kappa shape index (κ3) is 13.5. The fourth-order valence-corrected chi connectivity index (χ4v) is 12.5. The van der Waals surface area contributed by atoms with Crippen LogP contribution in [0.15, 0.2) is 224 Å². The quantitative estimate of drug-likeness (QED) is 0.115. The molecule has 450 valence electrons. The molecular formula is C81H82N4O4. The molecule has 12 rings (SSSR count). The van der Waals surface area contributed by atoms with Crippen LogP contribution in [0.4, 0.5) is 11.4 Å². The number of hydrogen-bond donors (Lipinski definition) is 4. The molecule has 0 bridgehead atoms. The second-order valence-corrected chi connectivity index (χ2v) is 24.6. The van der Waals surface area contributed by atoms with Crippen LogP contribution < -0.4 is 21.3 Å². The monoisotopic (exact) mass is 1170 g/mol. The van der Waals surface area contributed by atoms with Crippen molar-refractivity contribution in [3.63, 3.8) is 0 Å². The lowest BCUT2D eigenvalue weighted by molar-refractivity contribution is 0.0955. The Kier molecular flexibility index (Phi) is 19.3. The van der Waals surface area contributed by atoms with Gasteiger partial charge in [-0.15, -0.1) is 0 Å². The first kappa shape index (κ1) is 63.6. The SMILES string of the molecule is CC1(C)CC(C)(c2ccccc2)c2ccccc21.CNC(=O)c1ccc(C)c(C)c1.CNC(=O)c1ccc(C)c(C)c1.Cc1ccc(C(=O)Nc2ccc(C3(c4ccc(NC(=O)c5ccc(C)c(C)c5)cc4)c4ccccc4-c4ccccc43)cc2)cc1C. The summed E-state index contributed by atoms with van der Waals surface area (Å²) < 4.78 is 0. The minimum Gasteiger partial charge on any atom is -0.355 e. The smallest absolute Gasteiger partial charge is 0.255 e. The lowest BCUT2D eigenvalue weighted by Gasteiger charge is -2.34. The normalized spacial score (nSPS) is 14.3. The van der Waals surface area contributed by atoms with Crippen molar-refractivity contribution in [1.82, 2.24) is 10.6 Å². The van der Waals surface area contributed by atoms with Gasteiger partial charge in [0.15, 0.2) is 0 Å². The van der Waals surface area contributed by atoms with E-state index in [1.807, 2.05) is 152 Å². The lowest BCUT2D eigenvalue weighted by Crippen LogP contribution is -2.28. The van der Waals surface area contributed by atoms with Crippen LogP contribution in [0.25, 0.3) is 11.1 Å². The number of hydrogen-bond acceptors (Lipinski definition) is 4. The summed E-state index contributed by atoms with van der Waals surface area (Å²) in [5.74, 6) is -0.327. The molecule has 8 heteroatoms. The molecule has 4 N–H and O–H groups in total. The second-order valence-electron chi connectivity index (χ2n) is 24.6. The van der Waals surface area contributed by atoms with Gasteiger partial charge >= 0.3 is 0 Å². The molecule has 0 aliphatic heterocycles. The van der Waals surface area contributed by atoms with E-state index >= 15 is 0 Å². The fraction of sp³-hybridized carbons (Fsp3) is 0.210. The first-order valence-electron chi connectivity index (χ1n) is 30.5. The molecule has 89 heavy (non-hydrogen) atoms. The first-order valence-corrected chi connectivity index (χ1v) is 30.5. The summed E-state index contributed by atoms with van der Waals surface area (Å²) in [5.41, 5.74) is 24.6. The highest BCUT2D eigenvalue weighted by molar-refractivity contribution is 6.05. The number of nitrogens with one attached hydrogen (secondary N) is 4. The van der Waals surface area contributed by atoms with E-state index in [1.165, 1.54) is 56.5 Å². The predicted molar refractivity (Wildman–Crippen MR) is 367 cm³/mol. The molecule has 1 atom stereocenters. The van der Waals surface area contributed by atoms with E-state index in [0.29, 0.717) is 11.1 Å². The molecule has 10 aromatic rings. The van der Waals surface area contributed by atoms with Crippen molar-refractivity contribution in [2.75, 3.05) is 24.7 Å². The molecular weight excluding hydrogens is 1090 g/mol. The number of benzene rings is 10. The summed E-state index contributed by atoms with van der Waals surface area (Å²) in [6.07, 6.45) is 1.18. The number of fused-ring (bicyclic) bond motifs is 4. The summed E-state index contributed by atoms with van der Waals surface area (Å²) in [6, 6.07) is 76.3. The van der Waals surface area contributed by atoms with E-state index in [1.54, 1.807) is 14.1 Å². The Labute approximate surface area is 526 Å². The topological polar surface area (TPSA) is 116 Å². The van der Waals surface area contributed by atoms with Gasteiger partial charge in [0.25, 0.3) is 23.6 Å². The number of anilines is 2. The van der Waals surface area contributed by atoms with E-state index in [0.717, 1.165) is 67.0 Å². The summed E-state index contributed by atoms with van der Waals surface area (Å²) >= 11 is 0. The molecule has 4 amide bonds. The number of aryl methyl sites for hydroxylation is 8. The molecule has 0 saturated carbocycles. The number of amides is 4. The van der Waals surface area contributed by atoms with Gasteiger partial charge in [-0.3, -0.25) is 19.2 Å². The minimum atomic E-state index is -0.597. The van der Waals surface area contributed by atoms with Crippen molar-refractivity contribution < 1.29 is 19.2 Å². The summed E-state index contributed by atoms with van der Waals surface area (Å²) in [7, 11) is 3.27. The van der Waals surface area contributed by atoms with Crippen molar-refractivity contribution in [2.24, 2.45) is 0 Å². The van der Waals surface area contributed by atoms with Crippen LogP contribution in [0.3, 0.4) is 0 Å². The van der Waals surface area contributed by atoms with Crippen LogP contribution in [0.2, 0.25) is 0 Å². The van der Waals surface area contributed by atoms with Gasteiger partial charge in [0.05, 0.1) is 5.41 Å². The molecule has 0 radical (unpaired) electrons. The van der Waals surface area contributed by atoms with E-state index in [9.17, 15) is 19.2 Å². The standard InChI is InChI=1S/C43H36N2O2.C18H20.2C10H13NO/c1-27-13-15-31(25-29(27)3)41(46)44-35-21-17-33(18-22-35)43(39-11-7-5-9-37(39)38-10-6-8-12-40(38)43)34-19-23-36(24-20-34)45-42(47)32-16-14-28(2)30(4)26-32;1-17(2)13-18(3,14-9-5-4-6-10-14)16-12-8-7-11-15(16)17;2*1-7-4-5-9(6-8(7)2)10(12)11-3/h5-26H,1-4H3,(H,44,46)(H,45,47);4-12H,13H2,1-3H3;2*4-6H,1-3H3,(H,11,12). The summed E-state index contributed by atoms with van der Waals surface area (Å²) in [6.45, 7) is 23.3. The molecule has 0 spiro atoms. The van der Waals surface area contributed by atoms with Crippen LogP contribution >= 0.6 is 0 Å². The van der Waals surface area contributed by atoms with Crippen LogP contribution in [0.5, 0.6) is 0 Å². The Morgan fingerprint density at radius 1 is 0.315 bits per heavy atom. The van der Waals surface area contributed by atoms with Crippen LogP contribution in [0.1, 0.15) is 152 Å².